The number of aryl methyl sites for hydroxylation is 1. The van der Waals surface area contributed by atoms with E-state index < -0.39 is 15.7 Å². The molecular weight excluding hydrogens is 346 g/mol. The van der Waals surface area contributed by atoms with Gasteiger partial charge < -0.3 is 0 Å². The van der Waals surface area contributed by atoms with Crippen LogP contribution in [0.3, 0.4) is 0 Å². The summed E-state index contributed by atoms with van der Waals surface area (Å²) >= 11 is 1.07. The molecule has 0 atom stereocenters. The Morgan fingerprint density at radius 3 is 2.54 bits per heavy atom. The molecule has 0 amide bonds. The molecule has 0 radical (unpaired) electrons. The summed E-state index contributed by atoms with van der Waals surface area (Å²) in [5, 5.41) is 1.66. The lowest BCUT2D eigenvalue weighted by molar-refractivity contribution is 0.242. The maximum Gasteiger partial charge on any atom is 0.366 e. The largest absolute Gasteiger partial charge is 0.366 e. The third-order valence-corrected chi connectivity index (χ3v) is 6.64. The Labute approximate surface area is 147 Å². The van der Waals surface area contributed by atoms with Gasteiger partial charge in [-0.2, -0.15) is 8.42 Å². The number of rotatable bonds is 4. The van der Waals surface area contributed by atoms with Gasteiger partial charge in [0.05, 0.1) is 5.69 Å². The van der Waals surface area contributed by atoms with Gasteiger partial charge in [0, 0.05) is 12.0 Å². The lowest BCUT2D eigenvalue weighted by Gasteiger charge is -2.24. The average Bonchev–Trinajstić information content (AvgIpc) is 3.06. The zero-order valence-electron chi connectivity index (χ0n) is 12.9. The van der Waals surface area contributed by atoms with Crippen LogP contribution >= 0.6 is 11.3 Å². The van der Waals surface area contributed by atoms with E-state index in [4.69, 9.17) is 4.28 Å². The maximum atomic E-state index is 12.4. The van der Waals surface area contributed by atoms with Crippen molar-refractivity contribution in [2.24, 2.45) is 0 Å². The fourth-order valence-electron chi connectivity index (χ4n) is 3.02. The van der Waals surface area contributed by atoms with Crippen LogP contribution in [0.1, 0.15) is 56.7 Å². The molecule has 132 valence electrons. The fraction of sp³-hybridized carbons (Fsp3) is 0.471. The molecule has 5 nitrogen and oxygen atoms in total. The summed E-state index contributed by atoms with van der Waals surface area (Å²) in [5.74, 6) is 0.162. The van der Waals surface area contributed by atoms with Gasteiger partial charge in [-0.1, -0.05) is 32.8 Å². The van der Waals surface area contributed by atoms with Gasteiger partial charge in [0.25, 0.3) is 5.56 Å². The number of hydrogen-bond donors (Lipinski definition) is 0. The third kappa shape index (κ3) is 3.89. The number of hydrogen-bond acceptors (Lipinski definition) is 5. The molecule has 1 saturated carbocycles. The lowest BCUT2D eigenvalue weighted by Crippen LogP contribution is -2.34. The molecule has 0 N–H and O–H groups in total. The molecular formula is C17H23NO4S2. The molecule has 7 heteroatoms. The van der Waals surface area contributed by atoms with Crippen molar-refractivity contribution in [2.45, 2.75) is 56.6 Å². The minimum Gasteiger partial charge on any atom is -0.280 e. The highest BCUT2D eigenvalue weighted by Crippen LogP contribution is 2.32. The molecule has 0 aliphatic heterocycles. The summed E-state index contributed by atoms with van der Waals surface area (Å²) in [7, 11) is -3.99. The van der Waals surface area contributed by atoms with Crippen LogP contribution in [-0.4, -0.2) is 13.1 Å². The summed E-state index contributed by atoms with van der Waals surface area (Å²) in [6, 6.07) is 6.37. The quantitative estimate of drug-likeness (QED) is 0.824. The Morgan fingerprint density at radius 2 is 1.92 bits per heavy atom. The molecule has 1 fully saturated rings. The number of thiophene rings is 1. The van der Waals surface area contributed by atoms with Crippen LogP contribution in [0, 0.1) is 6.92 Å². The van der Waals surface area contributed by atoms with Gasteiger partial charge in [0.15, 0.2) is 4.21 Å². The van der Waals surface area contributed by atoms with E-state index >= 15 is 0 Å². The van der Waals surface area contributed by atoms with Gasteiger partial charge in [-0.15, -0.1) is 16.1 Å². The van der Waals surface area contributed by atoms with Crippen LogP contribution in [0.25, 0.3) is 0 Å². The molecule has 2 aromatic rings. The van der Waals surface area contributed by atoms with Gasteiger partial charge in [-0.25, -0.2) is 0 Å². The van der Waals surface area contributed by atoms with Crippen molar-refractivity contribution in [2.75, 3.05) is 0 Å². The Hall–Kier alpha value is -1.60. The van der Waals surface area contributed by atoms with E-state index in [0.29, 0.717) is 5.69 Å². The van der Waals surface area contributed by atoms with Crippen LogP contribution in [0.15, 0.2) is 38.6 Å². The number of aromatic nitrogens is 1. The smallest absolute Gasteiger partial charge is 0.280 e. The van der Waals surface area contributed by atoms with Gasteiger partial charge in [0.1, 0.15) is 0 Å². The monoisotopic (exact) mass is 369 g/mol. The Balaban J connectivity index is 0.00000208. The number of pyridine rings is 1. The first-order valence-electron chi connectivity index (χ1n) is 7.69. The molecule has 0 bridgehead atoms. The van der Waals surface area contributed by atoms with Crippen LogP contribution in [-0.2, 0) is 10.1 Å². The molecule has 1 aliphatic carbocycles. The Morgan fingerprint density at radius 1 is 1.21 bits per heavy atom. The minimum atomic E-state index is -3.99. The first-order valence-corrected chi connectivity index (χ1v) is 9.98. The summed E-state index contributed by atoms with van der Waals surface area (Å²) < 4.78 is 31.0. The topological polar surface area (TPSA) is 65.4 Å². The SMILES string of the molecule is C.Cc1cc(C2CCCCC2)n(OS(=O)(=O)c2cccs2)c(=O)c1. The predicted molar refractivity (Wildman–Crippen MR) is 96.1 cm³/mol. The van der Waals surface area contributed by atoms with E-state index in [2.05, 4.69) is 0 Å². The van der Waals surface area contributed by atoms with E-state index in [0.717, 1.165) is 47.3 Å². The third-order valence-electron chi connectivity index (χ3n) is 4.10. The van der Waals surface area contributed by atoms with Crippen LogP contribution in [0.4, 0.5) is 0 Å². The zero-order valence-corrected chi connectivity index (χ0v) is 14.5. The summed E-state index contributed by atoms with van der Waals surface area (Å²) in [4.78, 5) is 12.3. The minimum absolute atomic E-state index is 0. The molecule has 0 aromatic carbocycles. The van der Waals surface area contributed by atoms with Crippen molar-refractivity contribution in [3.05, 3.63) is 51.3 Å². The molecule has 1 aliphatic rings. The Bertz CT molecular complexity index is 832. The maximum absolute atomic E-state index is 12.4. The van der Waals surface area contributed by atoms with Gasteiger partial charge in [-0.05, 0) is 42.8 Å². The fourth-order valence-corrected chi connectivity index (χ4v) is 4.87. The van der Waals surface area contributed by atoms with Gasteiger partial charge >= 0.3 is 10.1 Å². The second-order valence-electron chi connectivity index (χ2n) is 5.89. The molecule has 24 heavy (non-hydrogen) atoms. The first kappa shape index (κ1) is 18.7. The lowest BCUT2D eigenvalue weighted by atomic mass is 9.86. The molecule has 2 heterocycles. The highest BCUT2D eigenvalue weighted by Gasteiger charge is 2.25. The predicted octanol–water partition coefficient (Wildman–Crippen LogP) is 3.72. The first-order chi connectivity index (χ1) is 11.0. The van der Waals surface area contributed by atoms with E-state index in [1.54, 1.807) is 11.4 Å². The van der Waals surface area contributed by atoms with Crippen molar-refractivity contribution in [3.8, 4) is 0 Å². The Kier molecular flexibility index (Phi) is 5.87. The highest BCUT2D eigenvalue weighted by atomic mass is 32.3. The highest BCUT2D eigenvalue weighted by molar-refractivity contribution is 7.89. The molecule has 0 unspecified atom stereocenters. The van der Waals surface area contributed by atoms with Gasteiger partial charge in [0.2, 0.25) is 0 Å². The molecule has 0 spiro atoms. The van der Waals surface area contributed by atoms with E-state index in [1.165, 1.54) is 18.6 Å². The summed E-state index contributed by atoms with van der Waals surface area (Å²) in [6.45, 7) is 1.84. The average molecular weight is 370 g/mol. The molecule has 3 rings (SSSR count). The number of nitrogens with zero attached hydrogens (tertiary/aromatic N) is 1. The van der Waals surface area contributed by atoms with E-state index in [9.17, 15) is 13.2 Å². The van der Waals surface area contributed by atoms with Crippen molar-refractivity contribution < 1.29 is 12.7 Å². The van der Waals surface area contributed by atoms with Crippen LogP contribution in [0.5, 0.6) is 0 Å². The molecule has 2 aromatic heterocycles. The van der Waals surface area contributed by atoms with E-state index in [1.807, 2.05) is 13.0 Å². The zero-order chi connectivity index (χ0) is 16.4. The standard InChI is InChI=1S/C16H19NO4S2.CH4/c1-12-10-14(13-6-3-2-4-7-13)17(15(18)11-12)21-23(19,20)16-8-5-9-22-16;/h5,8-11,13H,2-4,6-7H2,1H3;1H4. The van der Waals surface area contributed by atoms with Crippen LogP contribution < -0.4 is 9.84 Å². The van der Waals surface area contributed by atoms with Crippen molar-refractivity contribution in [1.82, 2.24) is 4.73 Å². The normalized spacial score (nSPS) is 15.7. The van der Waals surface area contributed by atoms with Crippen molar-refractivity contribution >= 4 is 21.5 Å². The summed E-state index contributed by atoms with van der Waals surface area (Å²) in [6.07, 6.45) is 5.26. The van der Waals surface area contributed by atoms with Crippen molar-refractivity contribution in [3.63, 3.8) is 0 Å². The van der Waals surface area contributed by atoms with Gasteiger partial charge in [-0.3, -0.25) is 9.08 Å². The summed E-state index contributed by atoms with van der Waals surface area (Å²) in [5.41, 5.74) is 1.05. The van der Waals surface area contributed by atoms with Crippen LogP contribution in [0.2, 0.25) is 0 Å². The molecule has 0 saturated heterocycles. The second kappa shape index (κ2) is 7.53. The van der Waals surface area contributed by atoms with Crippen molar-refractivity contribution in [1.29, 1.82) is 0 Å². The van der Waals surface area contributed by atoms with E-state index in [-0.39, 0.29) is 17.6 Å². The second-order valence-corrected chi connectivity index (χ2v) is 8.59.